The summed E-state index contributed by atoms with van der Waals surface area (Å²) in [5.74, 6) is 0.00691. The minimum atomic E-state index is -0.402. The Balaban J connectivity index is 2.01. The summed E-state index contributed by atoms with van der Waals surface area (Å²) >= 11 is 0. The number of carbonyl (C=O) groups is 2. The van der Waals surface area contributed by atoms with Gasteiger partial charge in [0.1, 0.15) is 5.75 Å². The lowest BCUT2D eigenvalue weighted by atomic mass is 10.1. The van der Waals surface area contributed by atoms with Gasteiger partial charge in [-0.3, -0.25) is 9.59 Å². The number of likely N-dealkylation sites (tertiary alicyclic amines) is 1. The second kappa shape index (κ2) is 5.08. The topological polar surface area (TPSA) is 72.6 Å². The van der Waals surface area contributed by atoms with Crippen LogP contribution in [0, 0.1) is 5.92 Å². The summed E-state index contributed by atoms with van der Waals surface area (Å²) in [4.78, 5) is 24.4. The largest absolute Gasteiger partial charge is 0.497 e. The van der Waals surface area contributed by atoms with Gasteiger partial charge in [0.05, 0.1) is 13.0 Å². The van der Waals surface area contributed by atoms with Gasteiger partial charge in [-0.15, -0.1) is 0 Å². The van der Waals surface area contributed by atoms with Crippen LogP contribution < -0.4 is 10.5 Å². The van der Waals surface area contributed by atoms with E-state index in [2.05, 4.69) is 0 Å². The van der Waals surface area contributed by atoms with E-state index in [9.17, 15) is 9.59 Å². The highest BCUT2D eigenvalue weighted by Crippen LogP contribution is 2.20. The molecule has 2 rings (SSSR count). The van der Waals surface area contributed by atoms with Crippen LogP contribution >= 0.6 is 0 Å². The van der Waals surface area contributed by atoms with Crippen LogP contribution in [-0.2, 0) is 16.1 Å². The molecule has 1 fully saturated rings. The first kappa shape index (κ1) is 12.4. The molecule has 0 aliphatic carbocycles. The Bertz CT molecular complexity index is 456. The highest BCUT2D eigenvalue weighted by Gasteiger charge is 2.32. The van der Waals surface area contributed by atoms with Gasteiger partial charge in [-0.2, -0.15) is 0 Å². The van der Waals surface area contributed by atoms with E-state index in [-0.39, 0.29) is 18.2 Å². The molecule has 5 nitrogen and oxygen atoms in total. The molecular formula is C13H16N2O3. The van der Waals surface area contributed by atoms with Gasteiger partial charge >= 0.3 is 0 Å². The third-order valence-corrected chi connectivity index (χ3v) is 3.15. The molecule has 5 heteroatoms. The monoisotopic (exact) mass is 248 g/mol. The first-order valence-electron chi connectivity index (χ1n) is 5.80. The summed E-state index contributed by atoms with van der Waals surface area (Å²) in [6, 6.07) is 7.51. The molecule has 1 heterocycles. The quantitative estimate of drug-likeness (QED) is 0.844. The average molecular weight is 248 g/mol. The highest BCUT2D eigenvalue weighted by molar-refractivity contribution is 5.88. The third kappa shape index (κ3) is 2.61. The van der Waals surface area contributed by atoms with E-state index >= 15 is 0 Å². The molecule has 1 saturated heterocycles. The van der Waals surface area contributed by atoms with Crippen LogP contribution in [0.1, 0.15) is 12.0 Å². The van der Waals surface area contributed by atoms with Crippen molar-refractivity contribution in [3.8, 4) is 5.75 Å². The predicted molar refractivity (Wildman–Crippen MR) is 65.7 cm³/mol. The molecule has 0 radical (unpaired) electrons. The van der Waals surface area contributed by atoms with Crippen LogP contribution in [0.4, 0.5) is 0 Å². The van der Waals surface area contributed by atoms with Crippen molar-refractivity contribution >= 4 is 11.8 Å². The van der Waals surface area contributed by atoms with Gasteiger partial charge in [-0.05, 0) is 17.7 Å². The average Bonchev–Trinajstić information content (AvgIpc) is 2.72. The SMILES string of the molecule is COc1ccc(CN2CC(C(N)=O)CC2=O)cc1. The van der Waals surface area contributed by atoms with Crippen LogP contribution in [0.2, 0.25) is 0 Å². The normalized spacial score (nSPS) is 19.1. The summed E-state index contributed by atoms with van der Waals surface area (Å²) in [5.41, 5.74) is 6.23. The lowest BCUT2D eigenvalue weighted by Gasteiger charge is -2.16. The maximum Gasteiger partial charge on any atom is 0.223 e. The fourth-order valence-electron chi connectivity index (χ4n) is 2.07. The number of ether oxygens (including phenoxy) is 1. The second-order valence-corrected chi connectivity index (χ2v) is 4.43. The predicted octanol–water partition coefficient (Wildman–Crippen LogP) is 0.529. The van der Waals surface area contributed by atoms with Crippen LogP contribution in [0.15, 0.2) is 24.3 Å². The minimum Gasteiger partial charge on any atom is -0.497 e. The number of hydrogen-bond acceptors (Lipinski definition) is 3. The number of rotatable bonds is 4. The summed E-state index contributed by atoms with van der Waals surface area (Å²) in [6.07, 6.45) is 0.228. The molecule has 0 spiro atoms. The maximum atomic E-state index is 11.7. The van der Waals surface area contributed by atoms with Crippen molar-refractivity contribution in [3.05, 3.63) is 29.8 Å². The molecule has 1 atom stereocenters. The van der Waals surface area contributed by atoms with Crippen molar-refractivity contribution in [1.29, 1.82) is 0 Å². The van der Waals surface area contributed by atoms with Crippen LogP contribution in [-0.4, -0.2) is 30.4 Å². The maximum absolute atomic E-state index is 11.7. The molecule has 18 heavy (non-hydrogen) atoms. The van der Waals surface area contributed by atoms with E-state index in [0.717, 1.165) is 11.3 Å². The van der Waals surface area contributed by atoms with E-state index in [1.54, 1.807) is 12.0 Å². The van der Waals surface area contributed by atoms with Gasteiger partial charge in [0.2, 0.25) is 11.8 Å². The van der Waals surface area contributed by atoms with Gasteiger partial charge in [-0.1, -0.05) is 12.1 Å². The Labute approximate surface area is 106 Å². The van der Waals surface area contributed by atoms with Gasteiger partial charge in [0, 0.05) is 19.5 Å². The van der Waals surface area contributed by atoms with E-state index in [0.29, 0.717) is 13.1 Å². The number of carbonyl (C=O) groups excluding carboxylic acids is 2. The van der Waals surface area contributed by atoms with Gasteiger partial charge in [0.25, 0.3) is 0 Å². The number of nitrogens with zero attached hydrogens (tertiary/aromatic N) is 1. The number of amides is 2. The highest BCUT2D eigenvalue weighted by atomic mass is 16.5. The number of methoxy groups -OCH3 is 1. The van der Waals surface area contributed by atoms with Crippen LogP contribution in [0.3, 0.4) is 0 Å². The molecule has 0 bridgehead atoms. The van der Waals surface area contributed by atoms with Gasteiger partial charge in [-0.25, -0.2) is 0 Å². The molecule has 1 aliphatic heterocycles. The molecule has 1 aromatic rings. The number of nitrogens with two attached hydrogens (primary N) is 1. The second-order valence-electron chi connectivity index (χ2n) is 4.43. The smallest absolute Gasteiger partial charge is 0.223 e. The Morgan fingerprint density at radius 1 is 1.44 bits per heavy atom. The van der Waals surface area contributed by atoms with Crippen molar-refractivity contribution in [2.75, 3.05) is 13.7 Å². The summed E-state index contributed by atoms with van der Waals surface area (Å²) in [7, 11) is 1.61. The molecule has 1 aromatic carbocycles. The molecule has 2 N–H and O–H groups in total. The first-order chi connectivity index (χ1) is 8.60. The molecule has 0 saturated carbocycles. The Morgan fingerprint density at radius 2 is 2.11 bits per heavy atom. The number of primary amides is 1. The molecule has 1 unspecified atom stereocenters. The molecule has 96 valence electrons. The van der Waals surface area contributed by atoms with Gasteiger partial charge in [0.15, 0.2) is 0 Å². The number of hydrogen-bond donors (Lipinski definition) is 1. The van der Waals surface area contributed by atoms with E-state index in [4.69, 9.17) is 10.5 Å². The van der Waals surface area contributed by atoms with Crippen molar-refractivity contribution in [2.45, 2.75) is 13.0 Å². The molecule has 1 aliphatic rings. The van der Waals surface area contributed by atoms with Crippen molar-refractivity contribution in [3.63, 3.8) is 0 Å². The Kier molecular flexibility index (Phi) is 3.50. The van der Waals surface area contributed by atoms with Crippen molar-refractivity contribution in [1.82, 2.24) is 4.90 Å². The summed E-state index contributed by atoms with van der Waals surface area (Å²) in [6.45, 7) is 0.923. The van der Waals surface area contributed by atoms with Crippen LogP contribution in [0.5, 0.6) is 5.75 Å². The Morgan fingerprint density at radius 3 is 2.61 bits per heavy atom. The fourth-order valence-corrected chi connectivity index (χ4v) is 2.07. The number of benzene rings is 1. The zero-order chi connectivity index (χ0) is 13.1. The zero-order valence-corrected chi connectivity index (χ0v) is 10.3. The molecule has 2 amide bonds. The summed E-state index contributed by atoms with van der Waals surface area (Å²) in [5, 5.41) is 0. The Hall–Kier alpha value is -2.04. The van der Waals surface area contributed by atoms with Crippen LogP contribution in [0.25, 0.3) is 0 Å². The molecule has 0 aromatic heterocycles. The van der Waals surface area contributed by atoms with Gasteiger partial charge < -0.3 is 15.4 Å². The van der Waals surface area contributed by atoms with Crippen molar-refractivity contribution < 1.29 is 14.3 Å². The lowest BCUT2D eigenvalue weighted by Crippen LogP contribution is -2.28. The third-order valence-electron chi connectivity index (χ3n) is 3.15. The lowest BCUT2D eigenvalue weighted by molar-refractivity contribution is -0.128. The fraction of sp³-hybridized carbons (Fsp3) is 0.385. The molecular weight excluding hydrogens is 232 g/mol. The standard InChI is InChI=1S/C13H16N2O3/c1-18-11-4-2-9(3-5-11)7-15-8-10(13(14)17)6-12(15)16/h2-5,10H,6-8H2,1H3,(H2,14,17). The first-order valence-corrected chi connectivity index (χ1v) is 5.80. The zero-order valence-electron chi connectivity index (χ0n) is 10.3. The van der Waals surface area contributed by atoms with E-state index < -0.39 is 5.91 Å². The van der Waals surface area contributed by atoms with E-state index in [1.807, 2.05) is 24.3 Å². The minimum absolute atomic E-state index is 0.0189. The van der Waals surface area contributed by atoms with Crippen molar-refractivity contribution in [2.24, 2.45) is 11.7 Å². The summed E-state index contributed by atoms with van der Waals surface area (Å²) < 4.78 is 5.07. The van der Waals surface area contributed by atoms with E-state index in [1.165, 1.54) is 0 Å².